The number of hydrogen-bond acceptors (Lipinski definition) is 2. The van der Waals surface area contributed by atoms with Crippen LogP contribution in [0.4, 0.5) is 0 Å². The highest BCUT2D eigenvalue weighted by atomic mass is 16.3. The summed E-state index contributed by atoms with van der Waals surface area (Å²) >= 11 is 0. The van der Waals surface area contributed by atoms with E-state index in [-0.39, 0.29) is 0 Å². The summed E-state index contributed by atoms with van der Waals surface area (Å²) in [5.74, 6) is 0.799. The third-order valence-corrected chi connectivity index (χ3v) is 3.84. The van der Waals surface area contributed by atoms with Crippen LogP contribution in [0.1, 0.15) is 29.7 Å². The van der Waals surface area contributed by atoms with Gasteiger partial charge >= 0.3 is 0 Å². The third kappa shape index (κ3) is 5.39. The molecule has 128 valence electrons. The zero-order chi connectivity index (χ0) is 17.4. The Morgan fingerprint density at radius 2 is 1.79 bits per heavy atom. The molecular weight excluding hydrogens is 298 g/mol. The molecule has 0 heterocycles. The number of hydrogen-bond donors (Lipinski definition) is 2. The average Bonchev–Trinajstić information content (AvgIpc) is 2.59. The highest BCUT2D eigenvalue weighted by Gasteiger charge is 2.10. The van der Waals surface area contributed by atoms with Crippen molar-refractivity contribution < 1.29 is 5.11 Å². The number of aliphatic hydroxyl groups is 1. The summed E-state index contributed by atoms with van der Waals surface area (Å²) in [7, 11) is 2.01. The van der Waals surface area contributed by atoms with E-state index in [0.29, 0.717) is 6.54 Å². The molecule has 0 spiro atoms. The molecule has 1 atom stereocenters. The molecule has 0 amide bonds. The molecule has 0 aliphatic carbocycles. The fourth-order valence-electron chi connectivity index (χ4n) is 2.47. The van der Waals surface area contributed by atoms with Crippen LogP contribution < -0.4 is 5.32 Å². The van der Waals surface area contributed by atoms with Crippen LogP contribution in [0.2, 0.25) is 0 Å². The Bertz CT molecular complexity index is 638. The first-order chi connectivity index (χ1) is 11.6. The molecule has 4 nitrogen and oxygen atoms in total. The zero-order valence-electron chi connectivity index (χ0n) is 14.7. The molecule has 0 aliphatic heterocycles. The maximum atomic E-state index is 10.3. The minimum atomic E-state index is -0.593. The molecule has 0 aliphatic rings. The fourth-order valence-corrected chi connectivity index (χ4v) is 2.47. The maximum absolute atomic E-state index is 10.3. The summed E-state index contributed by atoms with van der Waals surface area (Å²) in [6.07, 6.45) is -0.593. The van der Waals surface area contributed by atoms with Crippen LogP contribution in [0.15, 0.2) is 59.6 Å². The SMILES string of the molecule is CCNC(=NCC(O)c1ccc(C)cc1)N(C)Cc1ccccc1. The molecule has 24 heavy (non-hydrogen) atoms. The number of aliphatic imine (C=N–C) groups is 1. The van der Waals surface area contributed by atoms with E-state index in [2.05, 4.69) is 27.3 Å². The van der Waals surface area contributed by atoms with E-state index >= 15 is 0 Å². The van der Waals surface area contributed by atoms with Gasteiger partial charge in [-0.15, -0.1) is 0 Å². The Morgan fingerprint density at radius 3 is 2.42 bits per heavy atom. The Morgan fingerprint density at radius 1 is 1.12 bits per heavy atom. The van der Waals surface area contributed by atoms with E-state index in [0.717, 1.165) is 24.6 Å². The number of nitrogens with zero attached hydrogens (tertiary/aromatic N) is 2. The van der Waals surface area contributed by atoms with Crippen LogP contribution in [-0.2, 0) is 6.54 Å². The van der Waals surface area contributed by atoms with Crippen molar-refractivity contribution in [3.63, 3.8) is 0 Å². The standard InChI is InChI=1S/C20H27N3O/c1-4-21-20(23(3)15-17-8-6-5-7-9-17)22-14-19(24)18-12-10-16(2)11-13-18/h5-13,19,24H,4,14-15H2,1-3H3,(H,21,22). The van der Waals surface area contributed by atoms with Gasteiger partial charge < -0.3 is 15.3 Å². The van der Waals surface area contributed by atoms with E-state index in [9.17, 15) is 5.11 Å². The van der Waals surface area contributed by atoms with Crippen molar-refractivity contribution >= 4 is 5.96 Å². The van der Waals surface area contributed by atoms with Crippen molar-refractivity contribution in [2.45, 2.75) is 26.5 Å². The lowest BCUT2D eigenvalue weighted by Crippen LogP contribution is -2.38. The van der Waals surface area contributed by atoms with Crippen LogP contribution >= 0.6 is 0 Å². The average molecular weight is 325 g/mol. The minimum absolute atomic E-state index is 0.338. The van der Waals surface area contributed by atoms with E-state index in [1.54, 1.807) is 0 Å². The van der Waals surface area contributed by atoms with Crippen LogP contribution in [0.3, 0.4) is 0 Å². The van der Waals surface area contributed by atoms with E-state index in [4.69, 9.17) is 0 Å². The van der Waals surface area contributed by atoms with Crippen LogP contribution in [0, 0.1) is 6.92 Å². The van der Waals surface area contributed by atoms with Crippen molar-refractivity contribution in [1.82, 2.24) is 10.2 Å². The molecule has 1 unspecified atom stereocenters. The normalized spacial score (nSPS) is 12.8. The first-order valence-corrected chi connectivity index (χ1v) is 8.38. The minimum Gasteiger partial charge on any atom is -0.386 e. The van der Waals surface area contributed by atoms with Crippen molar-refractivity contribution in [2.24, 2.45) is 4.99 Å². The summed E-state index contributed by atoms with van der Waals surface area (Å²) < 4.78 is 0. The van der Waals surface area contributed by atoms with Gasteiger partial charge in [0.15, 0.2) is 5.96 Å². The smallest absolute Gasteiger partial charge is 0.194 e. The maximum Gasteiger partial charge on any atom is 0.194 e. The lowest BCUT2D eigenvalue weighted by molar-refractivity contribution is 0.186. The second kappa shape index (κ2) is 9.08. The van der Waals surface area contributed by atoms with Gasteiger partial charge in [-0.3, -0.25) is 4.99 Å². The van der Waals surface area contributed by atoms with E-state index in [1.165, 1.54) is 11.1 Å². The Labute approximate surface area is 144 Å². The summed E-state index contributed by atoms with van der Waals surface area (Å²) in [5.41, 5.74) is 3.31. The molecule has 2 aromatic rings. The Balaban J connectivity index is 2.02. The van der Waals surface area contributed by atoms with Gasteiger partial charge in [-0.25, -0.2) is 0 Å². The quantitative estimate of drug-likeness (QED) is 0.634. The van der Waals surface area contributed by atoms with Crippen LogP contribution in [0.5, 0.6) is 0 Å². The second-order valence-corrected chi connectivity index (χ2v) is 5.96. The summed E-state index contributed by atoms with van der Waals surface area (Å²) in [6, 6.07) is 18.2. The molecule has 0 fully saturated rings. The molecule has 0 aromatic heterocycles. The number of nitrogens with one attached hydrogen (secondary N) is 1. The van der Waals surface area contributed by atoms with Gasteiger partial charge in [-0.1, -0.05) is 60.2 Å². The van der Waals surface area contributed by atoms with Gasteiger partial charge in [0.1, 0.15) is 0 Å². The first kappa shape index (κ1) is 18.0. The first-order valence-electron chi connectivity index (χ1n) is 8.38. The number of aryl methyl sites for hydroxylation is 1. The van der Waals surface area contributed by atoms with Gasteiger partial charge in [0.2, 0.25) is 0 Å². The molecule has 2 rings (SSSR count). The topological polar surface area (TPSA) is 47.9 Å². The molecule has 2 N–H and O–H groups in total. The van der Waals surface area contributed by atoms with Crippen molar-refractivity contribution in [3.8, 4) is 0 Å². The Hall–Kier alpha value is -2.33. The molecule has 0 radical (unpaired) electrons. The van der Waals surface area contributed by atoms with E-state index in [1.807, 2.05) is 63.4 Å². The molecule has 4 heteroatoms. The van der Waals surface area contributed by atoms with Crippen LogP contribution in [-0.4, -0.2) is 36.1 Å². The molecule has 2 aromatic carbocycles. The number of aliphatic hydroxyl groups excluding tert-OH is 1. The van der Waals surface area contributed by atoms with Crippen molar-refractivity contribution in [3.05, 3.63) is 71.3 Å². The molecule has 0 bridgehead atoms. The van der Waals surface area contributed by atoms with Gasteiger partial charge in [0.05, 0.1) is 12.6 Å². The van der Waals surface area contributed by atoms with Gasteiger partial charge in [0.25, 0.3) is 0 Å². The number of rotatable bonds is 6. The van der Waals surface area contributed by atoms with Gasteiger partial charge in [-0.2, -0.15) is 0 Å². The zero-order valence-corrected chi connectivity index (χ0v) is 14.7. The summed E-state index contributed by atoms with van der Waals surface area (Å²) in [4.78, 5) is 6.66. The molecular formula is C20H27N3O. The summed E-state index contributed by atoms with van der Waals surface area (Å²) in [5, 5.41) is 13.6. The lowest BCUT2D eigenvalue weighted by atomic mass is 10.1. The number of benzene rings is 2. The predicted molar refractivity (Wildman–Crippen MR) is 100 cm³/mol. The third-order valence-electron chi connectivity index (χ3n) is 3.84. The second-order valence-electron chi connectivity index (χ2n) is 5.96. The molecule has 0 saturated carbocycles. The fraction of sp³-hybridized carbons (Fsp3) is 0.350. The summed E-state index contributed by atoms with van der Waals surface area (Å²) in [6.45, 7) is 5.98. The highest BCUT2D eigenvalue weighted by Crippen LogP contribution is 2.14. The predicted octanol–water partition coefficient (Wildman–Crippen LogP) is 3.13. The van der Waals surface area contributed by atoms with Crippen molar-refractivity contribution in [1.29, 1.82) is 0 Å². The Kier molecular flexibility index (Phi) is 6.82. The van der Waals surface area contributed by atoms with Gasteiger partial charge in [0, 0.05) is 20.1 Å². The van der Waals surface area contributed by atoms with Gasteiger partial charge in [-0.05, 0) is 25.0 Å². The molecule has 0 saturated heterocycles. The number of guanidine groups is 1. The largest absolute Gasteiger partial charge is 0.386 e. The van der Waals surface area contributed by atoms with Crippen molar-refractivity contribution in [2.75, 3.05) is 20.1 Å². The van der Waals surface area contributed by atoms with E-state index < -0.39 is 6.10 Å². The highest BCUT2D eigenvalue weighted by molar-refractivity contribution is 5.79. The van der Waals surface area contributed by atoms with Crippen LogP contribution in [0.25, 0.3) is 0 Å². The lowest BCUT2D eigenvalue weighted by Gasteiger charge is -2.22. The monoisotopic (exact) mass is 325 g/mol.